The highest BCUT2D eigenvalue weighted by molar-refractivity contribution is 7.86. The molecule has 2 bridgehead atoms. The van der Waals surface area contributed by atoms with E-state index in [1.165, 1.54) is 12.8 Å². The first-order valence-electron chi connectivity index (χ1n) is 4.43. The second-order valence-corrected chi connectivity index (χ2v) is 5.61. The zero-order chi connectivity index (χ0) is 8.77. The Morgan fingerprint density at radius 1 is 1.25 bits per heavy atom. The first kappa shape index (κ1) is 8.51. The molecule has 3 fully saturated rings. The fraction of sp³-hybridized carbons (Fsp3) is 1.00. The van der Waals surface area contributed by atoms with Gasteiger partial charge < -0.3 is 0 Å². The van der Waals surface area contributed by atoms with Gasteiger partial charge in [0.2, 0.25) is 0 Å². The fourth-order valence-electron chi connectivity index (χ4n) is 2.31. The van der Waals surface area contributed by atoms with E-state index < -0.39 is 10.1 Å². The molecule has 0 saturated heterocycles. The molecule has 3 saturated carbocycles. The zero-order valence-corrected chi connectivity index (χ0v) is 8.01. The lowest BCUT2D eigenvalue weighted by atomic mass is 9.64. The Morgan fingerprint density at radius 2 is 1.92 bits per heavy atom. The van der Waals surface area contributed by atoms with Crippen molar-refractivity contribution < 1.29 is 12.6 Å². The molecule has 0 aliphatic heterocycles. The SMILES string of the molecule is CS(=O)(=O)OC1CCC2CC1C2. The summed E-state index contributed by atoms with van der Waals surface area (Å²) < 4.78 is 26.7. The van der Waals surface area contributed by atoms with Crippen LogP contribution < -0.4 is 0 Å². The van der Waals surface area contributed by atoms with E-state index in [4.69, 9.17) is 4.18 Å². The van der Waals surface area contributed by atoms with Gasteiger partial charge in [-0.15, -0.1) is 0 Å². The normalized spacial score (nSPS) is 40.6. The minimum Gasteiger partial charge on any atom is -0.267 e. The maximum atomic E-state index is 10.8. The average Bonchev–Trinajstić information content (AvgIpc) is 1.80. The minimum atomic E-state index is -3.23. The van der Waals surface area contributed by atoms with Gasteiger partial charge in [-0.25, -0.2) is 0 Å². The molecule has 0 N–H and O–H groups in total. The van der Waals surface area contributed by atoms with Crippen molar-refractivity contribution in [3.05, 3.63) is 0 Å². The van der Waals surface area contributed by atoms with Crippen LogP contribution in [0.1, 0.15) is 25.7 Å². The van der Waals surface area contributed by atoms with Gasteiger partial charge in [-0.1, -0.05) is 0 Å². The maximum absolute atomic E-state index is 10.8. The zero-order valence-electron chi connectivity index (χ0n) is 7.19. The summed E-state index contributed by atoms with van der Waals surface area (Å²) in [7, 11) is -3.23. The van der Waals surface area contributed by atoms with Crippen LogP contribution in [0.3, 0.4) is 0 Å². The van der Waals surface area contributed by atoms with E-state index in [0.29, 0.717) is 5.92 Å². The molecule has 0 radical (unpaired) electrons. The molecular weight excluding hydrogens is 176 g/mol. The van der Waals surface area contributed by atoms with Gasteiger partial charge in [0.15, 0.2) is 0 Å². The van der Waals surface area contributed by atoms with Crippen molar-refractivity contribution in [1.29, 1.82) is 0 Å². The van der Waals surface area contributed by atoms with Crippen LogP contribution in [0.5, 0.6) is 0 Å². The molecular formula is C8H14O3S. The number of rotatable bonds is 2. The summed E-state index contributed by atoms with van der Waals surface area (Å²) in [5.41, 5.74) is 0. The molecule has 0 heterocycles. The first-order valence-corrected chi connectivity index (χ1v) is 6.24. The summed E-state index contributed by atoms with van der Waals surface area (Å²) in [6.45, 7) is 0. The molecule has 0 aromatic heterocycles. The molecule has 3 rings (SSSR count). The quantitative estimate of drug-likeness (QED) is 0.613. The Bertz CT molecular complexity index is 261. The van der Waals surface area contributed by atoms with E-state index in [1.807, 2.05) is 0 Å². The Labute approximate surface area is 73.2 Å². The van der Waals surface area contributed by atoms with Crippen molar-refractivity contribution in [1.82, 2.24) is 0 Å². The van der Waals surface area contributed by atoms with Crippen molar-refractivity contribution in [2.75, 3.05) is 6.26 Å². The fourth-order valence-corrected chi connectivity index (χ4v) is 3.02. The lowest BCUT2D eigenvalue weighted by Crippen LogP contribution is -2.41. The van der Waals surface area contributed by atoms with E-state index in [9.17, 15) is 8.42 Å². The predicted molar refractivity (Wildman–Crippen MR) is 45.2 cm³/mol. The summed E-state index contributed by atoms with van der Waals surface area (Å²) in [4.78, 5) is 0. The average molecular weight is 190 g/mol. The van der Waals surface area contributed by atoms with E-state index in [2.05, 4.69) is 0 Å². The molecule has 0 spiro atoms. The minimum absolute atomic E-state index is 0.00926. The van der Waals surface area contributed by atoms with Crippen molar-refractivity contribution >= 4 is 10.1 Å². The highest BCUT2D eigenvalue weighted by Gasteiger charge is 2.41. The van der Waals surface area contributed by atoms with Crippen LogP contribution >= 0.6 is 0 Å². The smallest absolute Gasteiger partial charge is 0.264 e. The molecule has 12 heavy (non-hydrogen) atoms. The van der Waals surface area contributed by atoms with Crippen LogP contribution in [-0.4, -0.2) is 20.8 Å². The van der Waals surface area contributed by atoms with Gasteiger partial charge in [0.1, 0.15) is 0 Å². The lowest BCUT2D eigenvalue weighted by Gasteiger charge is -2.45. The van der Waals surface area contributed by atoms with E-state index in [1.54, 1.807) is 0 Å². The highest BCUT2D eigenvalue weighted by Crippen LogP contribution is 2.46. The molecule has 1 unspecified atom stereocenters. The third-order valence-electron chi connectivity index (χ3n) is 2.96. The van der Waals surface area contributed by atoms with E-state index >= 15 is 0 Å². The Balaban J connectivity index is 1.96. The summed E-state index contributed by atoms with van der Waals surface area (Å²) >= 11 is 0. The molecule has 3 aliphatic rings. The second-order valence-electron chi connectivity index (χ2n) is 4.01. The molecule has 1 atom stereocenters. The summed E-state index contributed by atoms with van der Waals surface area (Å²) in [6, 6.07) is 0. The van der Waals surface area contributed by atoms with Crippen molar-refractivity contribution in [3.63, 3.8) is 0 Å². The molecule has 4 heteroatoms. The van der Waals surface area contributed by atoms with Crippen LogP contribution in [-0.2, 0) is 14.3 Å². The van der Waals surface area contributed by atoms with Crippen molar-refractivity contribution in [3.8, 4) is 0 Å². The molecule has 0 aromatic rings. The van der Waals surface area contributed by atoms with Crippen LogP contribution in [0.2, 0.25) is 0 Å². The van der Waals surface area contributed by atoms with Gasteiger partial charge in [-0.3, -0.25) is 4.18 Å². The van der Waals surface area contributed by atoms with Crippen LogP contribution in [0, 0.1) is 11.8 Å². The van der Waals surface area contributed by atoms with Crippen LogP contribution in [0.4, 0.5) is 0 Å². The molecule has 3 aliphatic carbocycles. The number of hydrogen-bond donors (Lipinski definition) is 0. The lowest BCUT2D eigenvalue weighted by molar-refractivity contribution is -0.00787. The predicted octanol–water partition coefficient (Wildman–Crippen LogP) is 1.15. The largest absolute Gasteiger partial charge is 0.267 e. The summed E-state index contributed by atoms with van der Waals surface area (Å²) in [5.74, 6) is 1.40. The van der Waals surface area contributed by atoms with Crippen molar-refractivity contribution in [2.45, 2.75) is 31.8 Å². The van der Waals surface area contributed by atoms with Gasteiger partial charge in [-0.05, 0) is 37.5 Å². The molecule has 3 nitrogen and oxygen atoms in total. The van der Waals surface area contributed by atoms with Gasteiger partial charge >= 0.3 is 0 Å². The van der Waals surface area contributed by atoms with Gasteiger partial charge in [0.05, 0.1) is 12.4 Å². The van der Waals surface area contributed by atoms with Gasteiger partial charge in [0.25, 0.3) is 10.1 Å². The Kier molecular flexibility index (Phi) is 1.92. The number of fused-ring (bicyclic) bond motifs is 2. The van der Waals surface area contributed by atoms with Gasteiger partial charge in [0, 0.05) is 0 Å². The third-order valence-corrected chi connectivity index (χ3v) is 3.55. The van der Waals surface area contributed by atoms with Crippen LogP contribution in [0.15, 0.2) is 0 Å². The van der Waals surface area contributed by atoms with Crippen molar-refractivity contribution in [2.24, 2.45) is 11.8 Å². The highest BCUT2D eigenvalue weighted by atomic mass is 32.2. The topological polar surface area (TPSA) is 43.4 Å². The monoisotopic (exact) mass is 190 g/mol. The standard InChI is InChI=1S/C8H14O3S/c1-12(9,10)11-8-3-2-6-4-7(8)5-6/h6-8H,2-5H2,1H3. The first-order chi connectivity index (χ1) is 5.54. The summed E-state index contributed by atoms with van der Waals surface area (Å²) in [6.07, 6.45) is 5.57. The Hall–Kier alpha value is -0.0900. The molecule has 70 valence electrons. The Morgan fingerprint density at radius 3 is 2.33 bits per heavy atom. The molecule has 0 amide bonds. The van der Waals surface area contributed by atoms with E-state index in [-0.39, 0.29) is 6.10 Å². The van der Waals surface area contributed by atoms with Crippen LogP contribution in [0.25, 0.3) is 0 Å². The summed E-state index contributed by atoms with van der Waals surface area (Å²) in [5, 5.41) is 0. The van der Waals surface area contributed by atoms with E-state index in [0.717, 1.165) is 25.0 Å². The van der Waals surface area contributed by atoms with Gasteiger partial charge in [-0.2, -0.15) is 8.42 Å². The number of hydrogen-bond acceptors (Lipinski definition) is 3. The molecule has 0 aromatic carbocycles. The second kappa shape index (κ2) is 2.70. The maximum Gasteiger partial charge on any atom is 0.264 e. The third kappa shape index (κ3) is 1.64.